The van der Waals surface area contributed by atoms with Crippen LogP contribution in [0.5, 0.6) is 11.5 Å². The molecular weight excluding hydrogens is 483 g/mol. The molecule has 0 N–H and O–H groups in total. The molecule has 0 amide bonds. The molecule has 0 aromatic heterocycles. The quantitative estimate of drug-likeness (QED) is 0.384. The Kier molecular flexibility index (Phi) is 5.98. The monoisotopic (exact) mass is 504 g/mol. The van der Waals surface area contributed by atoms with Gasteiger partial charge in [-0.1, -0.05) is 37.0 Å². The van der Waals surface area contributed by atoms with Gasteiger partial charge in [0.05, 0.1) is 38.0 Å². The highest BCUT2D eigenvalue weighted by molar-refractivity contribution is 6.61. The van der Waals surface area contributed by atoms with Crippen LogP contribution in [0.25, 0.3) is 0 Å². The summed E-state index contributed by atoms with van der Waals surface area (Å²) in [5.74, 6) is -2.69. The van der Waals surface area contributed by atoms with E-state index in [1.165, 1.54) is 27.4 Å². The van der Waals surface area contributed by atoms with E-state index in [4.69, 9.17) is 37.4 Å². The molecule has 178 valence electrons. The first kappa shape index (κ1) is 24.2. The van der Waals surface area contributed by atoms with Crippen LogP contribution in [-0.4, -0.2) is 49.0 Å². The van der Waals surface area contributed by atoms with E-state index in [9.17, 15) is 19.2 Å². The van der Waals surface area contributed by atoms with Crippen molar-refractivity contribution in [2.75, 3.05) is 21.3 Å². The van der Waals surface area contributed by atoms with Gasteiger partial charge in [-0.05, 0) is 30.5 Å². The maximum atomic E-state index is 13.9. The summed E-state index contributed by atoms with van der Waals surface area (Å²) in [4.78, 5) is 53.6. The molecule has 2 aliphatic carbocycles. The van der Waals surface area contributed by atoms with Gasteiger partial charge < -0.3 is 14.2 Å². The highest BCUT2D eigenvalue weighted by Gasteiger charge is 2.49. The van der Waals surface area contributed by atoms with Gasteiger partial charge in [-0.25, -0.2) is 4.79 Å². The van der Waals surface area contributed by atoms with Crippen molar-refractivity contribution in [1.29, 1.82) is 0 Å². The van der Waals surface area contributed by atoms with Crippen molar-refractivity contribution in [3.8, 4) is 11.5 Å². The first-order valence-electron chi connectivity index (χ1n) is 10.6. The SMILES string of the molecule is CCc1c(C(=O)OC)cc2c(c1OC)C(=O)c1c(OC)cc3c(c1C2=O)C(=O)C(Cl)(Cl)C(C)C3. The zero-order chi connectivity index (χ0) is 25.1. The Labute approximate surface area is 206 Å². The van der Waals surface area contributed by atoms with Crippen molar-refractivity contribution in [3.63, 3.8) is 0 Å². The Morgan fingerprint density at radius 1 is 1.00 bits per heavy atom. The molecule has 0 saturated heterocycles. The van der Waals surface area contributed by atoms with Crippen molar-refractivity contribution in [2.24, 2.45) is 5.92 Å². The summed E-state index contributed by atoms with van der Waals surface area (Å²) in [6, 6.07) is 2.90. The van der Waals surface area contributed by atoms with Gasteiger partial charge in [0.1, 0.15) is 11.5 Å². The average molecular weight is 505 g/mol. The van der Waals surface area contributed by atoms with Crippen molar-refractivity contribution < 1.29 is 33.4 Å². The fourth-order valence-corrected chi connectivity index (χ4v) is 5.17. The maximum Gasteiger partial charge on any atom is 0.338 e. The topological polar surface area (TPSA) is 96.0 Å². The second kappa shape index (κ2) is 8.40. The number of ketones is 3. The molecule has 0 aliphatic heterocycles. The highest BCUT2D eigenvalue weighted by atomic mass is 35.5. The van der Waals surface area contributed by atoms with Gasteiger partial charge in [0.25, 0.3) is 0 Å². The van der Waals surface area contributed by atoms with E-state index < -0.39 is 33.6 Å². The third kappa shape index (κ3) is 3.17. The van der Waals surface area contributed by atoms with E-state index in [0.717, 1.165) is 0 Å². The Hall–Kier alpha value is -2.90. The van der Waals surface area contributed by atoms with E-state index in [1.807, 2.05) is 0 Å². The molecule has 1 unspecified atom stereocenters. The lowest BCUT2D eigenvalue weighted by atomic mass is 9.73. The van der Waals surface area contributed by atoms with Crippen molar-refractivity contribution in [3.05, 3.63) is 56.6 Å². The summed E-state index contributed by atoms with van der Waals surface area (Å²) in [6.07, 6.45) is 0.644. The van der Waals surface area contributed by atoms with Crippen molar-refractivity contribution in [2.45, 2.75) is 31.0 Å². The summed E-state index contributed by atoms with van der Waals surface area (Å²) in [5, 5.41) is 0. The smallest absolute Gasteiger partial charge is 0.338 e. The van der Waals surface area contributed by atoms with Crippen molar-refractivity contribution in [1.82, 2.24) is 0 Å². The molecule has 1 atom stereocenters. The molecule has 2 aromatic carbocycles. The first-order valence-corrected chi connectivity index (χ1v) is 11.4. The van der Waals surface area contributed by atoms with Crippen LogP contribution in [0.3, 0.4) is 0 Å². The number of rotatable bonds is 4. The van der Waals surface area contributed by atoms with Gasteiger partial charge in [-0.2, -0.15) is 0 Å². The lowest BCUT2D eigenvalue weighted by Gasteiger charge is -2.35. The summed E-state index contributed by atoms with van der Waals surface area (Å²) >= 11 is 12.8. The van der Waals surface area contributed by atoms with Gasteiger partial charge in [-0.3, -0.25) is 14.4 Å². The van der Waals surface area contributed by atoms with Gasteiger partial charge in [-0.15, -0.1) is 0 Å². The Morgan fingerprint density at radius 2 is 1.68 bits per heavy atom. The summed E-state index contributed by atoms with van der Waals surface area (Å²) in [5.41, 5.74) is 0.798. The predicted octanol–water partition coefficient (Wildman–Crippen LogP) is 4.38. The molecule has 7 nitrogen and oxygen atoms in total. The fourth-order valence-electron chi connectivity index (χ4n) is 4.83. The minimum atomic E-state index is -1.76. The number of benzene rings is 2. The molecule has 0 bridgehead atoms. The third-order valence-corrected chi connectivity index (χ3v) is 7.63. The minimum Gasteiger partial charge on any atom is -0.496 e. The standard InChI is InChI=1S/C25H22Cl2O7/c1-6-12-13(24(31)34-5)9-14-17(22(12)33-4)21(29)18-15(32-3)8-11-7-10(2)25(26,27)23(30)16(11)19(18)20(14)28/h8-10H,6-7H2,1-5H3. The third-order valence-electron chi connectivity index (χ3n) is 6.54. The number of ether oxygens (including phenoxy) is 3. The van der Waals surface area contributed by atoms with Gasteiger partial charge in [0, 0.05) is 28.2 Å². The number of carbonyl (C=O) groups excluding carboxylic acids is 4. The molecule has 0 radical (unpaired) electrons. The van der Waals surface area contributed by atoms with Crippen LogP contribution < -0.4 is 9.47 Å². The van der Waals surface area contributed by atoms with E-state index in [0.29, 0.717) is 24.0 Å². The van der Waals surface area contributed by atoms with Crippen LogP contribution in [0.1, 0.15) is 77.5 Å². The number of fused-ring (bicyclic) bond motifs is 4. The molecule has 0 heterocycles. The summed E-state index contributed by atoms with van der Waals surface area (Å²) < 4.78 is 14.1. The first-order chi connectivity index (χ1) is 16.0. The van der Waals surface area contributed by atoms with Crippen LogP contribution in [0.4, 0.5) is 0 Å². The number of carbonyl (C=O) groups is 4. The highest BCUT2D eigenvalue weighted by Crippen LogP contribution is 2.48. The van der Waals surface area contributed by atoms with E-state index in [-0.39, 0.29) is 44.9 Å². The van der Waals surface area contributed by atoms with Crippen LogP contribution in [0, 0.1) is 5.92 Å². The van der Waals surface area contributed by atoms with E-state index in [1.54, 1.807) is 19.9 Å². The molecule has 0 saturated carbocycles. The molecule has 2 aliphatic rings. The number of methoxy groups -OCH3 is 3. The molecule has 4 rings (SSSR count). The Bertz CT molecular complexity index is 1290. The lowest BCUT2D eigenvalue weighted by molar-refractivity contribution is 0.0598. The Balaban J connectivity index is 2.12. The predicted molar refractivity (Wildman–Crippen MR) is 125 cm³/mol. The van der Waals surface area contributed by atoms with Crippen LogP contribution in [-0.2, 0) is 17.6 Å². The zero-order valence-corrected chi connectivity index (χ0v) is 20.8. The second-order valence-corrected chi connectivity index (χ2v) is 9.67. The summed E-state index contributed by atoms with van der Waals surface area (Å²) in [7, 11) is 3.96. The second-order valence-electron chi connectivity index (χ2n) is 8.28. The number of hydrogen-bond acceptors (Lipinski definition) is 7. The number of halogens is 2. The molecule has 0 fully saturated rings. The zero-order valence-electron chi connectivity index (χ0n) is 19.3. The molecule has 0 spiro atoms. The van der Waals surface area contributed by atoms with Crippen LogP contribution in [0.15, 0.2) is 12.1 Å². The summed E-state index contributed by atoms with van der Waals surface area (Å²) in [6.45, 7) is 3.52. The maximum absolute atomic E-state index is 13.9. The van der Waals surface area contributed by atoms with Crippen molar-refractivity contribution >= 4 is 46.5 Å². The number of alkyl halides is 2. The van der Waals surface area contributed by atoms with E-state index in [2.05, 4.69) is 0 Å². The average Bonchev–Trinajstić information content (AvgIpc) is 2.83. The van der Waals surface area contributed by atoms with Crippen LogP contribution in [0.2, 0.25) is 0 Å². The Morgan fingerprint density at radius 3 is 2.24 bits per heavy atom. The lowest BCUT2D eigenvalue weighted by Crippen LogP contribution is -2.41. The van der Waals surface area contributed by atoms with E-state index >= 15 is 0 Å². The number of Topliss-reactive ketones (excluding diaryl/α,β-unsaturated/α-hetero) is 1. The molecular formula is C25H22Cl2O7. The van der Waals surface area contributed by atoms with Gasteiger partial charge >= 0.3 is 5.97 Å². The molecule has 34 heavy (non-hydrogen) atoms. The van der Waals surface area contributed by atoms with Crippen LogP contribution >= 0.6 is 23.2 Å². The fraction of sp³-hybridized carbons (Fsp3) is 0.360. The molecule has 9 heteroatoms. The van der Waals surface area contributed by atoms with Gasteiger partial charge in [0.15, 0.2) is 15.9 Å². The minimum absolute atomic E-state index is 0.000975. The molecule has 2 aromatic rings. The van der Waals surface area contributed by atoms with Gasteiger partial charge in [0.2, 0.25) is 5.78 Å². The number of hydrogen-bond donors (Lipinski definition) is 0. The number of esters is 1. The normalized spacial score (nSPS) is 18.1. The largest absolute Gasteiger partial charge is 0.496 e.